The number of hydrogen-bond donors (Lipinski definition) is 0. The number of ether oxygens (including phenoxy) is 1. The lowest BCUT2D eigenvalue weighted by Gasteiger charge is -2.02. The van der Waals surface area contributed by atoms with E-state index in [2.05, 4.69) is 0 Å². The van der Waals surface area contributed by atoms with Crippen LogP contribution in [0.15, 0.2) is 24.0 Å². The van der Waals surface area contributed by atoms with Crippen molar-refractivity contribution in [1.29, 1.82) is 0 Å². The van der Waals surface area contributed by atoms with Crippen molar-refractivity contribution in [3.8, 4) is 5.75 Å². The van der Waals surface area contributed by atoms with Gasteiger partial charge in [0, 0.05) is 5.56 Å². The molecule has 0 atom stereocenters. The highest BCUT2D eigenvalue weighted by atomic mass is 16.5. The second-order valence-corrected chi connectivity index (χ2v) is 2.95. The Labute approximate surface area is 75.9 Å². The summed E-state index contributed by atoms with van der Waals surface area (Å²) in [6.45, 7) is 0. The Balaban J connectivity index is 2.52. The van der Waals surface area contributed by atoms with E-state index < -0.39 is 5.76 Å². The second kappa shape index (κ2) is 2.69. The highest BCUT2D eigenvalue weighted by Crippen LogP contribution is 2.31. The highest BCUT2D eigenvalue weighted by molar-refractivity contribution is 5.69. The van der Waals surface area contributed by atoms with Crippen LogP contribution in [0.25, 0.3) is 5.76 Å². The molecular formula is C10H8O3-. The molecule has 1 aliphatic carbocycles. The smallest absolute Gasteiger partial charge is 0.174 e. The maximum absolute atomic E-state index is 11.3. The van der Waals surface area contributed by atoms with Crippen LogP contribution in [-0.4, -0.2) is 7.11 Å². The van der Waals surface area contributed by atoms with Gasteiger partial charge in [-0.2, -0.15) is 0 Å². The van der Waals surface area contributed by atoms with E-state index in [9.17, 15) is 10.2 Å². The maximum Gasteiger partial charge on any atom is 0.174 e. The first-order valence-electron chi connectivity index (χ1n) is 3.97. The Kier molecular flexibility index (Phi) is 1.65. The van der Waals surface area contributed by atoms with E-state index in [1.54, 1.807) is 18.2 Å². The van der Waals surface area contributed by atoms with Crippen molar-refractivity contribution in [3.05, 3.63) is 35.1 Å². The van der Waals surface area contributed by atoms with E-state index in [1.807, 2.05) is 0 Å². The van der Waals surface area contributed by atoms with Crippen molar-refractivity contribution in [3.63, 3.8) is 0 Å². The first-order valence-corrected chi connectivity index (χ1v) is 3.97. The summed E-state index contributed by atoms with van der Waals surface area (Å²) in [7, 11) is 1.53. The Hall–Kier alpha value is -1.64. The summed E-state index contributed by atoms with van der Waals surface area (Å²) in [4.78, 5) is 0. The fourth-order valence-electron chi connectivity index (χ4n) is 1.45. The van der Waals surface area contributed by atoms with Crippen LogP contribution in [0.2, 0.25) is 0 Å². The molecule has 0 heterocycles. The number of benzene rings is 1. The first kappa shape index (κ1) is 7.98. The summed E-state index contributed by atoms with van der Waals surface area (Å²) in [5.41, 5.74) is 1.29. The highest BCUT2D eigenvalue weighted by Gasteiger charge is 2.17. The van der Waals surface area contributed by atoms with Crippen LogP contribution >= 0.6 is 0 Å². The van der Waals surface area contributed by atoms with Crippen LogP contribution in [0.1, 0.15) is 11.1 Å². The van der Waals surface area contributed by atoms with Gasteiger partial charge in [-0.25, -0.2) is 0 Å². The molecule has 0 fully saturated rings. The molecule has 1 aromatic rings. The second-order valence-electron chi connectivity index (χ2n) is 2.95. The molecule has 1 radical (unpaired) electrons. The predicted molar refractivity (Wildman–Crippen MR) is 44.3 cm³/mol. The molecule has 1 aliphatic rings. The molecule has 3 heteroatoms. The summed E-state index contributed by atoms with van der Waals surface area (Å²) in [5.74, 6) is -0.112. The summed E-state index contributed by atoms with van der Waals surface area (Å²) < 4.78 is 4.96. The maximum atomic E-state index is 11.3. The molecular weight excluding hydrogens is 168 g/mol. The Bertz CT molecular complexity index is 380. The standard InChI is InChI=1S/C10H9O3/c1-13-7-3-2-6-4-9(11)10(12)8(6)5-7/h2-3,5,11H,4H2,1H3/p-1. The lowest BCUT2D eigenvalue weighted by Crippen LogP contribution is -2.03. The van der Waals surface area contributed by atoms with Crippen LogP contribution in [0.5, 0.6) is 5.75 Å². The number of fused-ring (bicyclic) bond motifs is 1. The zero-order chi connectivity index (χ0) is 9.42. The average Bonchev–Trinajstić information content (AvgIpc) is 2.43. The van der Waals surface area contributed by atoms with Crippen molar-refractivity contribution in [1.82, 2.24) is 0 Å². The lowest BCUT2D eigenvalue weighted by molar-refractivity contribution is -0.305. The van der Waals surface area contributed by atoms with Crippen molar-refractivity contribution in [2.75, 3.05) is 7.11 Å². The molecule has 67 valence electrons. The zero-order valence-electron chi connectivity index (χ0n) is 7.16. The summed E-state index contributed by atoms with van der Waals surface area (Å²) in [6, 6.07) is 5.13. The Morgan fingerprint density at radius 1 is 1.46 bits per heavy atom. The topological polar surface area (TPSA) is 52.2 Å². The third-order valence-corrected chi connectivity index (χ3v) is 2.17. The van der Waals surface area contributed by atoms with Gasteiger partial charge in [0.2, 0.25) is 0 Å². The molecule has 0 N–H and O–H groups in total. The van der Waals surface area contributed by atoms with Gasteiger partial charge in [-0.05, 0) is 24.1 Å². The molecule has 0 spiro atoms. The molecule has 0 saturated carbocycles. The minimum atomic E-state index is -0.395. The van der Waals surface area contributed by atoms with Crippen molar-refractivity contribution in [2.24, 2.45) is 0 Å². The van der Waals surface area contributed by atoms with Crippen LogP contribution in [0, 0.1) is 0 Å². The summed E-state index contributed by atoms with van der Waals surface area (Å²) in [5, 5.41) is 22.3. The van der Waals surface area contributed by atoms with Gasteiger partial charge in [0.1, 0.15) is 5.75 Å². The van der Waals surface area contributed by atoms with Crippen molar-refractivity contribution < 1.29 is 14.9 Å². The van der Waals surface area contributed by atoms with E-state index in [-0.39, 0.29) is 12.2 Å². The number of hydrogen-bond acceptors (Lipinski definition) is 2. The molecule has 2 rings (SSSR count). The van der Waals surface area contributed by atoms with E-state index >= 15 is 0 Å². The third-order valence-electron chi connectivity index (χ3n) is 2.17. The van der Waals surface area contributed by atoms with E-state index in [0.717, 1.165) is 5.56 Å². The van der Waals surface area contributed by atoms with Gasteiger partial charge in [-0.1, -0.05) is 11.8 Å². The van der Waals surface area contributed by atoms with Crippen LogP contribution in [-0.2, 0) is 11.5 Å². The number of allylic oxidation sites excluding steroid dienone is 1. The molecule has 1 aromatic carbocycles. The number of rotatable bonds is 1. The van der Waals surface area contributed by atoms with E-state index in [0.29, 0.717) is 11.3 Å². The van der Waals surface area contributed by atoms with E-state index in [4.69, 9.17) is 4.74 Å². The molecule has 0 bridgehead atoms. The minimum absolute atomic E-state index is 0.234. The van der Waals surface area contributed by atoms with Crippen LogP contribution in [0.3, 0.4) is 0 Å². The average molecular weight is 176 g/mol. The molecule has 0 amide bonds. The molecule has 0 aromatic heterocycles. The fourth-order valence-corrected chi connectivity index (χ4v) is 1.45. The fraction of sp³-hybridized carbons (Fsp3) is 0.200. The summed E-state index contributed by atoms with van der Waals surface area (Å²) >= 11 is 0. The first-order chi connectivity index (χ1) is 6.22. The van der Waals surface area contributed by atoms with Gasteiger partial charge in [-0.3, -0.25) is 5.11 Å². The van der Waals surface area contributed by atoms with Crippen molar-refractivity contribution >= 4 is 5.76 Å². The van der Waals surface area contributed by atoms with Gasteiger partial charge in [0.25, 0.3) is 0 Å². The number of methoxy groups -OCH3 is 1. The normalized spacial score (nSPS) is 14.5. The van der Waals surface area contributed by atoms with Gasteiger partial charge >= 0.3 is 0 Å². The van der Waals surface area contributed by atoms with Crippen LogP contribution in [0.4, 0.5) is 0 Å². The SMILES string of the molecule is COc1ccc2c(c1)C([O])=C([O-])C2. The molecule has 0 aliphatic heterocycles. The zero-order valence-corrected chi connectivity index (χ0v) is 7.16. The molecule has 3 nitrogen and oxygen atoms in total. The van der Waals surface area contributed by atoms with Gasteiger partial charge < -0.3 is 9.84 Å². The van der Waals surface area contributed by atoms with E-state index in [1.165, 1.54) is 7.11 Å². The minimum Gasteiger partial charge on any atom is -0.873 e. The summed E-state index contributed by atoms with van der Waals surface area (Å²) in [6.07, 6.45) is 0.234. The molecule has 13 heavy (non-hydrogen) atoms. The quantitative estimate of drug-likeness (QED) is 0.632. The monoisotopic (exact) mass is 176 g/mol. The predicted octanol–water partition coefficient (Wildman–Crippen LogP) is 0.711. The Morgan fingerprint density at radius 3 is 2.92 bits per heavy atom. The van der Waals surface area contributed by atoms with Gasteiger partial charge in [0.15, 0.2) is 5.76 Å². The molecule has 0 unspecified atom stereocenters. The largest absolute Gasteiger partial charge is 0.873 e. The molecule has 0 saturated heterocycles. The third kappa shape index (κ3) is 1.13. The van der Waals surface area contributed by atoms with Crippen LogP contribution < -0.4 is 9.84 Å². The van der Waals surface area contributed by atoms with Crippen molar-refractivity contribution in [2.45, 2.75) is 6.42 Å². The Morgan fingerprint density at radius 2 is 2.23 bits per heavy atom. The van der Waals surface area contributed by atoms with Gasteiger partial charge in [0.05, 0.1) is 7.11 Å². The van der Waals surface area contributed by atoms with Gasteiger partial charge in [-0.15, -0.1) is 0 Å². The lowest BCUT2D eigenvalue weighted by atomic mass is 10.1.